The number of nitrogens with one attached hydrogen (secondary N) is 2. The zero-order valence-electron chi connectivity index (χ0n) is 45.1. The third-order valence-electron chi connectivity index (χ3n) is 14.2. The standard InChI is InChI=1S/2C25H49NO7/c2*1-14(2)20(15(3)4)17(6)12-16(5)10-9-11-32-25(24(30)31)13-19(28)21(26-8)23(33-25)22(29)18(7)27/h2*14-23,26-29H,9-13H2,1-8H3,(H,30,31)/i2*7D. The molecular formula is C50H98N2O14. The Morgan fingerprint density at radius 3 is 1.15 bits per heavy atom. The molecule has 0 aliphatic carbocycles. The highest BCUT2D eigenvalue weighted by Crippen LogP contribution is 2.38. The lowest BCUT2D eigenvalue weighted by molar-refractivity contribution is -0.310. The van der Waals surface area contributed by atoms with Gasteiger partial charge in [0.1, 0.15) is 24.4 Å². The van der Waals surface area contributed by atoms with E-state index in [0.717, 1.165) is 25.7 Å². The fourth-order valence-corrected chi connectivity index (χ4v) is 11.6. The van der Waals surface area contributed by atoms with E-state index in [2.05, 4.69) is 93.7 Å². The SMILES string of the molecule is [2H]CC(O)C(O)C1OC(OCCCC(C)CC(C)C(C(C)C)C(C)C)(C(=O)O)CC(O)C1NC.[2H]CC(O)C(O)C1OC(OCCCC(C)CC(C)C(C(C)C)C(C)C)(C(=O)O)CC(O)C1NC. The molecule has 0 aromatic heterocycles. The first-order valence-corrected chi connectivity index (χ1v) is 24.7. The summed E-state index contributed by atoms with van der Waals surface area (Å²) in [5.41, 5.74) is 0. The van der Waals surface area contributed by atoms with Gasteiger partial charge in [0, 0.05) is 15.6 Å². The van der Waals surface area contributed by atoms with Gasteiger partial charge in [-0.05, 0) is 126 Å². The Bertz CT molecular complexity index is 1300. The van der Waals surface area contributed by atoms with Gasteiger partial charge in [0.25, 0.3) is 11.6 Å². The Hall–Kier alpha value is -1.54. The Labute approximate surface area is 401 Å². The Morgan fingerprint density at radius 1 is 0.606 bits per heavy atom. The molecule has 0 radical (unpaired) electrons. The van der Waals surface area contributed by atoms with Crippen molar-refractivity contribution in [1.82, 2.24) is 10.6 Å². The van der Waals surface area contributed by atoms with Crippen molar-refractivity contribution in [2.24, 2.45) is 59.2 Å². The van der Waals surface area contributed by atoms with Crippen molar-refractivity contribution in [3.8, 4) is 0 Å². The van der Waals surface area contributed by atoms with Gasteiger partial charge in [0.15, 0.2) is 0 Å². The first-order chi connectivity index (χ1) is 31.6. The lowest BCUT2D eigenvalue weighted by Gasteiger charge is -2.46. The van der Waals surface area contributed by atoms with Gasteiger partial charge in [0.2, 0.25) is 0 Å². The second kappa shape index (κ2) is 29.0. The van der Waals surface area contributed by atoms with Crippen LogP contribution in [-0.2, 0) is 28.5 Å². The van der Waals surface area contributed by atoms with Gasteiger partial charge in [-0.2, -0.15) is 0 Å². The van der Waals surface area contributed by atoms with Crippen LogP contribution in [0.4, 0.5) is 0 Å². The Balaban J connectivity index is 0.000000680. The summed E-state index contributed by atoms with van der Waals surface area (Å²) < 4.78 is 37.5. The Morgan fingerprint density at radius 2 is 0.909 bits per heavy atom. The summed E-state index contributed by atoms with van der Waals surface area (Å²) in [6, 6.07) is -1.63. The number of likely N-dealkylation sites (N-methyl/N-ethyl adjacent to an activating group) is 2. The van der Waals surface area contributed by atoms with Crippen LogP contribution in [0.2, 0.25) is 0 Å². The molecule has 0 amide bonds. The first kappa shape index (κ1) is 58.8. The van der Waals surface area contributed by atoms with Gasteiger partial charge in [-0.1, -0.05) is 83.1 Å². The van der Waals surface area contributed by atoms with Crippen molar-refractivity contribution in [2.75, 3.05) is 27.3 Å². The van der Waals surface area contributed by atoms with E-state index in [4.69, 9.17) is 21.7 Å². The van der Waals surface area contributed by atoms with E-state index >= 15 is 0 Å². The molecule has 0 aromatic rings. The summed E-state index contributed by atoms with van der Waals surface area (Å²) >= 11 is 0. The molecule has 10 N–H and O–H groups in total. The predicted molar refractivity (Wildman–Crippen MR) is 255 cm³/mol. The maximum absolute atomic E-state index is 12.1. The summed E-state index contributed by atoms with van der Waals surface area (Å²) in [4.78, 5) is 24.3. The number of ether oxygens (including phenoxy) is 4. The van der Waals surface area contributed by atoms with E-state index in [1.165, 1.54) is 0 Å². The van der Waals surface area contributed by atoms with Crippen LogP contribution in [0.25, 0.3) is 0 Å². The summed E-state index contributed by atoms with van der Waals surface area (Å²) in [7, 11) is 3.09. The lowest BCUT2D eigenvalue weighted by Crippen LogP contribution is -2.66. The number of carbonyl (C=O) groups is 2. The maximum atomic E-state index is 12.1. The van der Waals surface area contributed by atoms with Gasteiger partial charge in [0.05, 0.1) is 49.7 Å². The number of aliphatic carboxylic acids is 2. The molecule has 16 unspecified atom stereocenters. The van der Waals surface area contributed by atoms with Crippen LogP contribution < -0.4 is 10.6 Å². The van der Waals surface area contributed by atoms with E-state index in [-0.39, 0.29) is 26.1 Å². The van der Waals surface area contributed by atoms with Gasteiger partial charge < -0.3 is 70.4 Å². The fraction of sp³-hybridized carbons (Fsp3) is 0.960. The van der Waals surface area contributed by atoms with Crippen LogP contribution in [0, 0.1) is 59.2 Å². The van der Waals surface area contributed by atoms with Crippen molar-refractivity contribution in [3.05, 3.63) is 0 Å². The number of carboxylic acids is 2. The molecule has 16 nitrogen and oxygen atoms in total. The van der Waals surface area contributed by atoms with E-state index in [1.807, 2.05) is 0 Å². The maximum Gasteiger partial charge on any atom is 0.364 e. The zero-order chi connectivity index (χ0) is 52.4. The number of aliphatic hydroxyl groups is 6. The molecule has 2 rings (SSSR count). The first-order valence-electron chi connectivity index (χ1n) is 26.1. The lowest BCUT2D eigenvalue weighted by atomic mass is 9.73. The summed E-state index contributed by atoms with van der Waals surface area (Å²) in [6.45, 7) is 26.5. The van der Waals surface area contributed by atoms with E-state index < -0.39 is 98.2 Å². The molecule has 0 saturated carbocycles. The third-order valence-corrected chi connectivity index (χ3v) is 14.2. The van der Waals surface area contributed by atoms with Crippen LogP contribution in [0.15, 0.2) is 0 Å². The van der Waals surface area contributed by atoms with E-state index in [1.54, 1.807) is 14.1 Å². The molecule has 0 spiro atoms. The highest BCUT2D eigenvalue weighted by atomic mass is 16.7. The minimum atomic E-state index is -2.13. The van der Waals surface area contributed by atoms with Crippen molar-refractivity contribution in [2.45, 2.75) is 221 Å². The topological polar surface area (TPSA) is 257 Å². The number of aliphatic hydroxyl groups excluding tert-OH is 6. The fourth-order valence-electron chi connectivity index (χ4n) is 11.6. The molecular weight excluding hydrogens is 853 g/mol. The second-order valence-electron chi connectivity index (χ2n) is 21.3. The van der Waals surface area contributed by atoms with Gasteiger partial charge in [-0.3, -0.25) is 0 Å². The van der Waals surface area contributed by atoms with Crippen molar-refractivity contribution in [3.63, 3.8) is 0 Å². The van der Waals surface area contributed by atoms with Crippen molar-refractivity contribution >= 4 is 11.9 Å². The molecule has 2 fully saturated rings. The van der Waals surface area contributed by atoms with Gasteiger partial charge >= 0.3 is 11.9 Å². The summed E-state index contributed by atoms with van der Waals surface area (Å²) in [5.74, 6) is -1.19. The van der Waals surface area contributed by atoms with Crippen molar-refractivity contribution in [1.29, 1.82) is 0 Å². The van der Waals surface area contributed by atoms with Crippen molar-refractivity contribution < 1.29 is 72.1 Å². The average Bonchev–Trinajstić information content (AvgIpc) is 3.24. The molecule has 0 aromatic carbocycles. The predicted octanol–water partition coefficient (Wildman–Crippen LogP) is 5.27. The minimum absolute atomic E-state index is 0.129. The van der Waals surface area contributed by atoms with Gasteiger partial charge in [-0.15, -0.1) is 0 Å². The largest absolute Gasteiger partial charge is 0.477 e. The monoisotopic (exact) mass is 953 g/mol. The van der Waals surface area contributed by atoms with Crippen LogP contribution in [-0.4, -0.2) is 153 Å². The highest BCUT2D eigenvalue weighted by molar-refractivity contribution is 5.76. The summed E-state index contributed by atoms with van der Waals surface area (Å²) in [6.07, 6.45) is -6.32. The normalized spacial score (nSPS) is 30.3. The number of hydrogen-bond acceptors (Lipinski definition) is 14. The van der Waals surface area contributed by atoms with Gasteiger partial charge in [-0.25, -0.2) is 9.59 Å². The molecule has 2 aliphatic rings. The van der Waals surface area contributed by atoms with Crippen LogP contribution in [0.5, 0.6) is 0 Å². The average molecular weight is 953 g/mol. The molecule has 0 bridgehead atoms. The molecule has 2 heterocycles. The number of rotatable bonds is 28. The van der Waals surface area contributed by atoms with Crippen LogP contribution >= 0.6 is 0 Å². The third kappa shape index (κ3) is 18.0. The molecule has 392 valence electrons. The van der Waals surface area contributed by atoms with E-state index in [9.17, 15) is 50.4 Å². The van der Waals surface area contributed by atoms with Crippen LogP contribution in [0.1, 0.15) is 151 Å². The second-order valence-corrected chi connectivity index (χ2v) is 21.3. The molecule has 2 aliphatic heterocycles. The number of carboxylic acid groups (broad SMARTS) is 2. The van der Waals surface area contributed by atoms with E-state index in [0.29, 0.717) is 72.0 Å². The quantitative estimate of drug-likeness (QED) is 0.0449. The zero-order valence-corrected chi connectivity index (χ0v) is 43.1. The number of hydrogen-bond donors (Lipinski definition) is 10. The Kier molecular flexibility index (Phi) is 25.8. The molecule has 2 saturated heterocycles. The highest BCUT2D eigenvalue weighted by Gasteiger charge is 2.56. The molecule has 66 heavy (non-hydrogen) atoms. The minimum Gasteiger partial charge on any atom is -0.477 e. The smallest absolute Gasteiger partial charge is 0.364 e. The molecule has 16 atom stereocenters. The molecule has 16 heteroatoms. The van der Waals surface area contributed by atoms with Crippen LogP contribution in [0.3, 0.4) is 0 Å². The summed E-state index contributed by atoms with van der Waals surface area (Å²) in [5, 5.41) is 87.3.